The summed E-state index contributed by atoms with van der Waals surface area (Å²) < 4.78 is 1.61. The van der Waals surface area contributed by atoms with E-state index in [0.29, 0.717) is 0 Å². The van der Waals surface area contributed by atoms with Gasteiger partial charge in [0.05, 0.1) is 0 Å². The number of aromatic nitrogens is 4. The Morgan fingerprint density at radius 2 is 2.67 bits per heavy atom. The van der Waals surface area contributed by atoms with Gasteiger partial charge in [0, 0.05) is 0 Å². The summed E-state index contributed by atoms with van der Waals surface area (Å²) in [5.41, 5.74) is 0. The second-order valence-electron chi connectivity index (χ2n) is 1.11. The molecule has 0 N–H and O–H groups in total. The summed E-state index contributed by atoms with van der Waals surface area (Å²) in [6.45, 7) is 1.80. The molecule has 29 valence electrons. The maximum absolute atomic E-state index is 3.56. The van der Waals surface area contributed by atoms with Crippen LogP contribution in [0.5, 0.6) is 0 Å². The number of nitrogens with zero attached hydrogens (tertiary/aromatic N) is 4. The van der Waals surface area contributed by atoms with Gasteiger partial charge < -0.3 is 0 Å². The first kappa shape index (κ1) is 2.28. The van der Waals surface area contributed by atoms with E-state index in [0.717, 1.165) is 5.82 Å². The zero-order chi connectivity index (χ0) is 3.98. The minimum absolute atomic E-state index is 0.870. The third kappa shape index (κ3) is 0.107. The van der Waals surface area contributed by atoms with Crippen molar-refractivity contribution >= 4 is 0 Å². The second kappa shape index (κ2) is 0.466. The highest BCUT2D eigenvalue weighted by molar-refractivity contribution is 5.14. The molecule has 4 heteroatoms. The molecule has 2 rings (SSSR count). The summed E-state index contributed by atoms with van der Waals surface area (Å²) in [7, 11) is 0. The molecule has 0 bridgehead atoms. The van der Waals surface area contributed by atoms with E-state index in [2.05, 4.69) is 15.5 Å². The van der Waals surface area contributed by atoms with Gasteiger partial charge in [0.15, 0.2) is 5.82 Å². The summed E-state index contributed by atoms with van der Waals surface area (Å²) in [6, 6.07) is 0. The molecule has 1 aromatic heterocycles. The second-order valence-corrected chi connectivity index (χ2v) is 1.11. The zero-order valence-corrected chi connectivity index (χ0v) is 2.87. The van der Waals surface area contributed by atoms with Gasteiger partial charge in [-0.2, -0.15) is 0 Å². The van der Waals surface area contributed by atoms with E-state index in [1.807, 2.05) is 0 Å². The summed E-state index contributed by atoms with van der Waals surface area (Å²) >= 11 is 0. The maximum Gasteiger partial charge on any atom is 0.179 e. The van der Waals surface area contributed by atoms with Crippen molar-refractivity contribution in [1.29, 1.82) is 0 Å². The summed E-state index contributed by atoms with van der Waals surface area (Å²) in [5.74, 6) is 0.870. The zero-order valence-electron chi connectivity index (χ0n) is 2.87. The highest BCUT2D eigenvalue weighted by atomic mass is 15.6. The van der Waals surface area contributed by atoms with Crippen LogP contribution in [-0.2, 0) is 0 Å². The Kier molecular flexibility index (Phi) is 0.177. The molecule has 0 saturated carbocycles. The van der Waals surface area contributed by atoms with Crippen LogP contribution >= 0.6 is 0 Å². The normalized spacial score (nSPS) is 14.0. The van der Waals surface area contributed by atoms with Crippen LogP contribution in [0.15, 0.2) is 0 Å². The molecule has 1 radical (unpaired) electrons. The number of tetrazole rings is 1. The monoisotopic (exact) mass is 81.0 g/mol. The van der Waals surface area contributed by atoms with Gasteiger partial charge in [-0.15, -0.1) is 5.10 Å². The average Bonchev–Trinajstić information content (AvgIpc) is 2.17. The fourth-order valence-corrected chi connectivity index (χ4v) is 0.333. The Balaban J connectivity index is 2.88. The number of rotatable bonds is 0. The maximum atomic E-state index is 3.56. The van der Waals surface area contributed by atoms with Crippen molar-refractivity contribution in [3.05, 3.63) is 12.4 Å². The van der Waals surface area contributed by atoms with Crippen LogP contribution in [0, 0.1) is 6.54 Å². The van der Waals surface area contributed by atoms with E-state index in [4.69, 9.17) is 0 Å². The van der Waals surface area contributed by atoms with Crippen molar-refractivity contribution in [1.82, 2.24) is 20.2 Å². The minimum atomic E-state index is 0.870. The molecule has 0 unspecified atom stereocenters. The third-order valence-electron chi connectivity index (χ3n) is 0.688. The Bertz CT molecular complexity index is 149. The van der Waals surface area contributed by atoms with Crippen molar-refractivity contribution in [2.45, 2.75) is 0 Å². The molecule has 1 aliphatic heterocycles. The van der Waals surface area contributed by atoms with Gasteiger partial charge in [-0.25, -0.2) is 4.68 Å². The number of hydrogen-bond donors (Lipinski definition) is 0. The molecule has 6 heavy (non-hydrogen) atoms. The average molecular weight is 81.1 g/mol. The SMILES string of the molecule is [CH]1c2nnnn21. The van der Waals surface area contributed by atoms with Crippen LogP contribution in [0.3, 0.4) is 0 Å². The standard InChI is InChI=1S/C2HN4/c1-2-3-4-5-6(1)2/h1H. The van der Waals surface area contributed by atoms with E-state index in [1.165, 1.54) is 0 Å². The Labute approximate surface area is 33.8 Å². The van der Waals surface area contributed by atoms with Crippen LogP contribution in [-0.4, -0.2) is 20.2 Å². The van der Waals surface area contributed by atoms with Gasteiger partial charge in [-0.05, 0) is 10.4 Å². The van der Waals surface area contributed by atoms with E-state index in [9.17, 15) is 0 Å². The fourth-order valence-electron chi connectivity index (χ4n) is 0.333. The van der Waals surface area contributed by atoms with Gasteiger partial charge in [0.25, 0.3) is 0 Å². The van der Waals surface area contributed by atoms with Gasteiger partial charge in [0.2, 0.25) is 0 Å². The molecule has 2 heterocycles. The van der Waals surface area contributed by atoms with Crippen LogP contribution in [0.2, 0.25) is 0 Å². The van der Waals surface area contributed by atoms with Gasteiger partial charge in [-0.1, -0.05) is 0 Å². The predicted octanol–water partition coefficient (Wildman–Crippen LogP) is -0.955. The predicted molar refractivity (Wildman–Crippen MR) is 16.6 cm³/mol. The topological polar surface area (TPSA) is 43.6 Å². The largest absolute Gasteiger partial charge is 0.214 e. The number of fused-ring (bicyclic) bond motifs is 1. The third-order valence-corrected chi connectivity index (χ3v) is 0.688. The molecule has 1 aromatic rings. The van der Waals surface area contributed by atoms with Crippen LogP contribution in [0.4, 0.5) is 0 Å². The van der Waals surface area contributed by atoms with Crippen LogP contribution in [0.1, 0.15) is 5.82 Å². The van der Waals surface area contributed by atoms with Crippen molar-refractivity contribution in [2.24, 2.45) is 0 Å². The molecular weight excluding hydrogens is 80.0 g/mol. The fraction of sp³-hybridized carbons (Fsp3) is 0. The van der Waals surface area contributed by atoms with Crippen LogP contribution < -0.4 is 0 Å². The van der Waals surface area contributed by atoms with Gasteiger partial charge in [0.1, 0.15) is 6.54 Å². The van der Waals surface area contributed by atoms with Crippen molar-refractivity contribution < 1.29 is 0 Å². The Morgan fingerprint density at radius 1 is 1.67 bits per heavy atom. The summed E-state index contributed by atoms with van der Waals surface area (Å²) in [5, 5.41) is 10.4. The quantitative estimate of drug-likeness (QED) is 0.410. The van der Waals surface area contributed by atoms with Crippen molar-refractivity contribution in [2.75, 3.05) is 0 Å². The first-order chi connectivity index (χ1) is 2.97. The lowest BCUT2D eigenvalue weighted by atomic mass is 10.9. The molecule has 0 saturated heterocycles. The van der Waals surface area contributed by atoms with E-state index < -0.39 is 0 Å². The molecule has 0 amide bonds. The Morgan fingerprint density at radius 3 is 2.83 bits per heavy atom. The minimum Gasteiger partial charge on any atom is -0.214 e. The first-order valence-electron chi connectivity index (χ1n) is 1.59. The van der Waals surface area contributed by atoms with E-state index in [1.54, 1.807) is 11.2 Å². The molecule has 0 aliphatic carbocycles. The van der Waals surface area contributed by atoms with Crippen molar-refractivity contribution in [3.63, 3.8) is 0 Å². The lowest BCUT2D eigenvalue weighted by molar-refractivity contribution is 0.803. The van der Waals surface area contributed by atoms with E-state index >= 15 is 0 Å². The molecule has 1 aliphatic rings. The number of hydrogen-bond acceptors (Lipinski definition) is 3. The smallest absolute Gasteiger partial charge is 0.179 e. The van der Waals surface area contributed by atoms with Crippen LogP contribution in [0.25, 0.3) is 0 Å². The molecule has 0 aromatic carbocycles. The van der Waals surface area contributed by atoms with Gasteiger partial charge in [-0.3, -0.25) is 0 Å². The van der Waals surface area contributed by atoms with Crippen molar-refractivity contribution in [3.8, 4) is 0 Å². The lowest BCUT2D eigenvalue weighted by Crippen LogP contribution is -1.77. The first-order valence-corrected chi connectivity index (χ1v) is 1.59. The van der Waals surface area contributed by atoms with E-state index in [-0.39, 0.29) is 0 Å². The summed E-state index contributed by atoms with van der Waals surface area (Å²) in [6.07, 6.45) is 0. The highest BCUT2D eigenvalue weighted by Crippen LogP contribution is 2.09. The Hall–Kier alpha value is -0.930. The molecular formula is C2HN4. The molecule has 0 atom stereocenters. The molecule has 4 nitrogen and oxygen atoms in total. The molecule has 0 spiro atoms. The van der Waals surface area contributed by atoms with Gasteiger partial charge >= 0.3 is 0 Å². The summed E-state index contributed by atoms with van der Waals surface area (Å²) in [4.78, 5) is 0. The lowest BCUT2D eigenvalue weighted by Gasteiger charge is -1.56. The molecule has 0 fully saturated rings. The highest BCUT2D eigenvalue weighted by Gasteiger charge is 2.19.